The normalized spacial score (nSPS) is 18.3. The Morgan fingerprint density at radius 1 is 1.24 bits per heavy atom. The maximum Gasteiger partial charge on any atom is 0.234 e. The van der Waals surface area contributed by atoms with Gasteiger partial charge in [0.25, 0.3) is 0 Å². The molecule has 1 amide bonds. The zero-order valence-electron chi connectivity index (χ0n) is 12.2. The summed E-state index contributed by atoms with van der Waals surface area (Å²) in [6, 6.07) is 7.74. The number of amides is 1. The Morgan fingerprint density at radius 2 is 1.95 bits per heavy atom. The van der Waals surface area contributed by atoms with E-state index in [1.807, 2.05) is 24.3 Å². The highest BCUT2D eigenvalue weighted by Crippen LogP contribution is 2.35. The minimum absolute atomic E-state index is 0.00551. The molecular weight excluding hydrogens is 264 g/mol. The first-order chi connectivity index (χ1) is 10.2. The molecule has 5 heteroatoms. The van der Waals surface area contributed by atoms with Crippen molar-refractivity contribution in [2.75, 3.05) is 11.9 Å². The Hall–Kier alpha value is -1.88. The van der Waals surface area contributed by atoms with Crippen molar-refractivity contribution in [2.45, 2.75) is 38.5 Å². The molecule has 1 saturated carbocycles. The van der Waals surface area contributed by atoms with E-state index in [9.17, 15) is 4.79 Å². The van der Waals surface area contributed by atoms with Crippen molar-refractivity contribution >= 4 is 22.9 Å². The number of hydrogen-bond acceptors (Lipinski definition) is 3. The number of anilines is 1. The Kier molecular flexibility index (Phi) is 3.92. The average Bonchev–Trinajstić information content (AvgIpc) is 2.74. The number of aromatic nitrogens is 2. The number of nitrogens with zero attached hydrogens (tertiary/aromatic N) is 1. The maximum absolute atomic E-state index is 12.7. The molecule has 1 heterocycles. The van der Waals surface area contributed by atoms with Crippen molar-refractivity contribution in [2.24, 2.45) is 11.1 Å². The molecule has 0 radical (unpaired) electrons. The minimum atomic E-state index is -0.435. The minimum Gasteiger partial charge on any atom is -0.329 e. The van der Waals surface area contributed by atoms with Crippen LogP contribution in [0.15, 0.2) is 24.3 Å². The Bertz CT molecular complexity index is 593. The lowest BCUT2D eigenvalue weighted by atomic mass is 9.79. The van der Waals surface area contributed by atoms with Gasteiger partial charge in [-0.05, 0) is 25.0 Å². The fraction of sp³-hybridized carbons (Fsp3) is 0.500. The number of rotatable bonds is 3. The number of nitrogens with one attached hydrogen (secondary N) is 2. The molecule has 3 rings (SSSR count). The zero-order valence-corrected chi connectivity index (χ0v) is 12.2. The van der Waals surface area contributed by atoms with Crippen molar-refractivity contribution in [3.63, 3.8) is 0 Å². The van der Waals surface area contributed by atoms with E-state index in [-0.39, 0.29) is 5.91 Å². The molecule has 21 heavy (non-hydrogen) atoms. The summed E-state index contributed by atoms with van der Waals surface area (Å²) in [6.45, 7) is 0.402. The standard InChI is InChI=1S/C16H22N4O/c17-11-16(9-5-1-2-6-10-16)14(21)20-15-18-12-7-3-4-8-13(12)19-15/h3-4,7-8H,1-2,5-6,9-11,17H2,(H2,18,19,20,21). The molecule has 0 aliphatic heterocycles. The number of carbonyl (C=O) groups is 1. The second-order valence-corrected chi connectivity index (χ2v) is 5.96. The van der Waals surface area contributed by atoms with Crippen LogP contribution in [-0.4, -0.2) is 22.4 Å². The van der Waals surface area contributed by atoms with Crippen LogP contribution in [0.1, 0.15) is 38.5 Å². The van der Waals surface area contributed by atoms with E-state index in [2.05, 4.69) is 15.3 Å². The van der Waals surface area contributed by atoms with Crippen LogP contribution in [0.5, 0.6) is 0 Å². The summed E-state index contributed by atoms with van der Waals surface area (Å²) < 4.78 is 0. The monoisotopic (exact) mass is 286 g/mol. The van der Waals surface area contributed by atoms with Crippen LogP contribution in [-0.2, 0) is 4.79 Å². The number of carbonyl (C=O) groups excluding carboxylic acids is 1. The lowest BCUT2D eigenvalue weighted by Gasteiger charge is -2.29. The summed E-state index contributed by atoms with van der Waals surface area (Å²) in [7, 11) is 0. The number of benzene rings is 1. The summed E-state index contributed by atoms with van der Waals surface area (Å²) >= 11 is 0. The molecule has 0 saturated heterocycles. The van der Waals surface area contributed by atoms with Crippen LogP contribution in [0.3, 0.4) is 0 Å². The highest BCUT2D eigenvalue weighted by atomic mass is 16.2. The molecule has 2 aromatic rings. The van der Waals surface area contributed by atoms with E-state index < -0.39 is 5.41 Å². The van der Waals surface area contributed by atoms with Gasteiger partial charge in [-0.3, -0.25) is 10.1 Å². The van der Waals surface area contributed by atoms with Crippen LogP contribution < -0.4 is 11.1 Å². The van der Waals surface area contributed by atoms with E-state index in [1.54, 1.807) is 0 Å². The van der Waals surface area contributed by atoms with Gasteiger partial charge < -0.3 is 10.7 Å². The van der Waals surface area contributed by atoms with E-state index in [0.717, 1.165) is 36.7 Å². The molecule has 112 valence electrons. The van der Waals surface area contributed by atoms with Gasteiger partial charge in [0.15, 0.2) is 0 Å². The SMILES string of the molecule is NCC1(C(=O)Nc2nc3ccccc3[nH]2)CCCCCC1. The first-order valence-corrected chi connectivity index (χ1v) is 7.70. The number of nitrogens with two attached hydrogens (primary N) is 1. The Balaban J connectivity index is 1.80. The number of fused-ring (bicyclic) bond motifs is 1. The third kappa shape index (κ3) is 2.78. The zero-order chi connectivity index (χ0) is 14.7. The quantitative estimate of drug-likeness (QED) is 0.759. The number of para-hydroxylation sites is 2. The van der Waals surface area contributed by atoms with Crippen molar-refractivity contribution in [3.05, 3.63) is 24.3 Å². The largest absolute Gasteiger partial charge is 0.329 e. The fourth-order valence-corrected chi connectivity index (χ4v) is 3.18. The molecule has 1 aliphatic rings. The van der Waals surface area contributed by atoms with Crippen LogP contribution >= 0.6 is 0 Å². The summed E-state index contributed by atoms with van der Waals surface area (Å²) in [5.41, 5.74) is 7.29. The van der Waals surface area contributed by atoms with Crippen LogP contribution in [0.4, 0.5) is 5.95 Å². The molecule has 1 aromatic carbocycles. The fourth-order valence-electron chi connectivity index (χ4n) is 3.18. The van der Waals surface area contributed by atoms with Crippen LogP contribution in [0.25, 0.3) is 11.0 Å². The lowest BCUT2D eigenvalue weighted by Crippen LogP contribution is -2.42. The van der Waals surface area contributed by atoms with Gasteiger partial charge in [0, 0.05) is 6.54 Å². The topological polar surface area (TPSA) is 83.8 Å². The van der Waals surface area contributed by atoms with Gasteiger partial charge >= 0.3 is 0 Å². The number of hydrogen-bond donors (Lipinski definition) is 3. The first kappa shape index (κ1) is 14.1. The van der Waals surface area contributed by atoms with E-state index in [1.165, 1.54) is 12.8 Å². The van der Waals surface area contributed by atoms with Gasteiger partial charge in [-0.25, -0.2) is 4.98 Å². The molecule has 1 fully saturated rings. The third-order valence-electron chi connectivity index (χ3n) is 4.55. The van der Waals surface area contributed by atoms with Gasteiger partial charge in [-0.2, -0.15) is 0 Å². The highest BCUT2D eigenvalue weighted by Gasteiger charge is 2.37. The Morgan fingerprint density at radius 3 is 2.62 bits per heavy atom. The van der Waals surface area contributed by atoms with Crippen LogP contribution in [0.2, 0.25) is 0 Å². The first-order valence-electron chi connectivity index (χ1n) is 7.70. The Labute approximate surface area is 124 Å². The maximum atomic E-state index is 12.7. The van der Waals surface area contributed by atoms with E-state index >= 15 is 0 Å². The van der Waals surface area contributed by atoms with Gasteiger partial charge in [0.05, 0.1) is 16.4 Å². The van der Waals surface area contributed by atoms with Crippen LogP contribution in [0, 0.1) is 5.41 Å². The van der Waals surface area contributed by atoms with Gasteiger partial charge in [0.1, 0.15) is 0 Å². The summed E-state index contributed by atoms with van der Waals surface area (Å²) in [5, 5.41) is 2.94. The summed E-state index contributed by atoms with van der Waals surface area (Å²) in [6.07, 6.45) is 6.28. The predicted molar refractivity (Wildman–Crippen MR) is 83.9 cm³/mol. The van der Waals surface area contributed by atoms with E-state index in [0.29, 0.717) is 12.5 Å². The number of H-pyrrole nitrogens is 1. The second-order valence-electron chi connectivity index (χ2n) is 5.96. The molecular formula is C16H22N4O. The second kappa shape index (κ2) is 5.85. The molecule has 0 atom stereocenters. The smallest absolute Gasteiger partial charge is 0.234 e. The van der Waals surface area contributed by atoms with Gasteiger partial charge in [0.2, 0.25) is 11.9 Å². The predicted octanol–water partition coefficient (Wildman–Crippen LogP) is 2.80. The van der Waals surface area contributed by atoms with Crippen molar-refractivity contribution in [3.8, 4) is 0 Å². The summed E-state index contributed by atoms with van der Waals surface area (Å²) in [5.74, 6) is 0.518. The molecule has 0 spiro atoms. The number of imidazole rings is 1. The molecule has 0 unspecified atom stereocenters. The summed E-state index contributed by atoms with van der Waals surface area (Å²) in [4.78, 5) is 20.2. The van der Waals surface area contributed by atoms with Crippen molar-refractivity contribution in [1.29, 1.82) is 0 Å². The molecule has 4 N–H and O–H groups in total. The van der Waals surface area contributed by atoms with Gasteiger partial charge in [-0.15, -0.1) is 0 Å². The van der Waals surface area contributed by atoms with Gasteiger partial charge in [-0.1, -0.05) is 37.8 Å². The average molecular weight is 286 g/mol. The highest BCUT2D eigenvalue weighted by molar-refractivity contribution is 5.95. The molecule has 1 aliphatic carbocycles. The van der Waals surface area contributed by atoms with Crippen molar-refractivity contribution in [1.82, 2.24) is 9.97 Å². The van der Waals surface area contributed by atoms with E-state index in [4.69, 9.17) is 5.73 Å². The van der Waals surface area contributed by atoms with Crippen molar-refractivity contribution < 1.29 is 4.79 Å². The molecule has 1 aromatic heterocycles. The molecule has 0 bridgehead atoms. The lowest BCUT2D eigenvalue weighted by molar-refractivity contribution is -0.125. The number of aromatic amines is 1. The molecule has 5 nitrogen and oxygen atoms in total. The third-order valence-corrected chi connectivity index (χ3v) is 4.55.